The van der Waals surface area contributed by atoms with Crippen molar-refractivity contribution < 1.29 is 0 Å². The highest BCUT2D eigenvalue weighted by Crippen LogP contribution is 2.58. The topological polar surface area (TPSA) is 0 Å². The van der Waals surface area contributed by atoms with Crippen LogP contribution in [0.3, 0.4) is 0 Å². The molecule has 0 bridgehead atoms. The van der Waals surface area contributed by atoms with Crippen molar-refractivity contribution in [2.45, 2.75) is 12.6 Å². The van der Waals surface area contributed by atoms with Crippen LogP contribution in [0.2, 0.25) is 0 Å². The van der Waals surface area contributed by atoms with Crippen LogP contribution in [0.4, 0.5) is 0 Å². The Balaban J connectivity index is 1.79. The molecule has 0 atom stereocenters. The Morgan fingerprint density at radius 3 is 1.69 bits per heavy atom. The number of thiophene rings is 1. The lowest BCUT2D eigenvalue weighted by atomic mass is 10.1. The monoisotopic (exact) mass is 449 g/mol. The molecule has 0 aliphatic heterocycles. The van der Waals surface area contributed by atoms with E-state index in [1.807, 2.05) is 11.3 Å². The van der Waals surface area contributed by atoms with Crippen LogP contribution >= 0.6 is 18.6 Å². The first kappa shape index (κ1) is 20.9. The molecule has 5 rings (SSSR count). The van der Waals surface area contributed by atoms with Crippen LogP contribution in [0.1, 0.15) is 16.0 Å². The van der Waals surface area contributed by atoms with E-state index in [0.29, 0.717) is 0 Å². The van der Waals surface area contributed by atoms with Gasteiger partial charge in [0.05, 0.1) is 6.16 Å². The van der Waals surface area contributed by atoms with Gasteiger partial charge in [0.1, 0.15) is 23.2 Å². The largest absolute Gasteiger partial charge is 0.149 e. The number of hydrogen-bond donors (Lipinski definition) is 0. The lowest BCUT2D eigenvalue weighted by molar-refractivity contribution is 1.26. The molecule has 4 aromatic carbocycles. The third-order valence-electron chi connectivity index (χ3n) is 6.00. The van der Waals surface area contributed by atoms with E-state index >= 15 is 0 Å². The van der Waals surface area contributed by atoms with E-state index in [0.717, 1.165) is 12.6 Å². The average molecular weight is 450 g/mol. The highest BCUT2D eigenvalue weighted by molar-refractivity contribution is 7.95. The minimum Gasteiger partial charge on any atom is -0.149 e. The minimum absolute atomic E-state index is 0.976. The third kappa shape index (κ3) is 4.19. The first-order valence-electron chi connectivity index (χ1n) is 11.0. The van der Waals surface area contributed by atoms with Crippen LogP contribution in [-0.4, -0.2) is 0 Å². The zero-order valence-electron chi connectivity index (χ0n) is 18.0. The maximum atomic E-state index is 2.39. The summed E-state index contributed by atoms with van der Waals surface area (Å²) >= 11 is 1.85. The summed E-state index contributed by atoms with van der Waals surface area (Å²) in [7, 11) is -1.93. The van der Waals surface area contributed by atoms with Crippen LogP contribution < -0.4 is 15.9 Å². The van der Waals surface area contributed by atoms with E-state index in [2.05, 4.69) is 133 Å². The highest BCUT2D eigenvalue weighted by Gasteiger charge is 2.46. The molecule has 156 valence electrons. The van der Waals surface area contributed by atoms with Crippen molar-refractivity contribution in [3.8, 4) is 0 Å². The molecule has 0 aliphatic carbocycles. The maximum absolute atomic E-state index is 2.39. The Bertz CT molecular complexity index is 1210. The molecule has 0 fully saturated rings. The van der Waals surface area contributed by atoms with Crippen molar-refractivity contribution in [2.24, 2.45) is 0 Å². The molecule has 2 heteroatoms. The Labute approximate surface area is 195 Å². The molecule has 0 radical (unpaired) electrons. The van der Waals surface area contributed by atoms with Crippen LogP contribution in [0.25, 0.3) is 0 Å². The van der Waals surface area contributed by atoms with Crippen LogP contribution in [0.15, 0.2) is 133 Å². The second-order valence-electron chi connectivity index (χ2n) is 8.01. The Kier molecular flexibility index (Phi) is 6.30. The van der Waals surface area contributed by atoms with Crippen molar-refractivity contribution in [2.75, 3.05) is 0 Å². The van der Waals surface area contributed by atoms with Gasteiger partial charge in [0.25, 0.3) is 0 Å². The second-order valence-corrected chi connectivity index (χ2v) is 12.5. The maximum Gasteiger partial charge on any atom is 0.116 e. The summed E-state index contributed by atoms with van der Waals surface area (Å²) in [6, 6.07) is 46.9. The molecule has 5 aromatic rings. The molecule has 0 unspecified atom stereocenters. The Hall–Kier alpha value is -2.99. The molecule has 0 saturated heterocycles. The standard InChI is InChI=1S/C30H26PS/c1-4-13-25(14-5-1)24-31(27-16-6-2-7-17-27,28-18-8-3-9-19-28)30-21-11-10-15-26(30)23-29-20-12-22-32-29/h1-22H,23-24H2/q+1. The van der Waals surface area contributed by atoms with Crippen molar-refractivity contribution in [1.82, 2.24) is 0 Å². The number of benzene rings is 4. The number of hydrogen-bond acceptors (Lipinski definition) is 1. The molecule has 1 aromatic heterocycles. The van der Waals surface area contributed by atoms with Gasteiger partial charge < -0.3 is 0 Å². The lowest BCUT2D eigenvalue weighted by Gasteiger charge is -2.29. The molecule has 0 N–H and O–H groups in total. The van der Waals surface area contributed by atoms with Crippen LogP contribution in [0, 0.1) is 0 Å². The predicted octanol–water partition coefficient (Wildman–Crippen LogP) is 6.83. The van der Waals surface area contributed by atoms with E-state index in [-0.39, 0.29) is 0 Å². The third-order valence-corrected chi connectivity index (χ3v) is 11.3. The van der Waals surface area contributed by atoms with Gasteiger partial charge in [-0.3, -0.25) is 0 Å². The zero-order chi connectivity index (χ0) is 21.6. The van der Waals surface area contributed by atoms with E-state index in [9.17, 15) is 0 Å². The second kappa shape index (κ2) is 9.65. The molecule has 0 aliphatic rings. The quantitative estimate of drug-likeness (QED) is 0.239. The van der Waals surface area contributed by atoms with Gasteiger partial charge in [0, 0.05) is 16.9 Å². The molecule has 0 amide bonds. The van der Waals surface area contributed by atoms with Gasteiger partial charge in [-0.25, -0.2) is 0 Å². The summed E-state index contributed by atoms with van der Waals surface area (Å²) in [6.07, 6.45) is 1.99. The summed E-state index contributed by atoms with van der Waals surface area (Å²) < 4.78 is 0. The van der Waals surface area contributed by atoms with Gasteiger partial charge in [0.2, 0.25) is 0 Å². The van der Waals surface area contributed by atoms with E-state index in [1.54, 1.807) is 0 Å². The summed E-state index contributed by atoms with van der Waals surface area (Å²) in [4.78, 5) is 1.41. The molecular formula is C30H26PS+. The summed E-state index contributed by atoms with van der Waals surface area (Å²) in [5.41, 5.74) is 2.83. The van der Waals surface area contributed by atoms with Crippen molar-refractivity contribution in [3.63, 3.8) is 0 Å². The molecular weight excluding hydrogens is 423 g/mol. The molecule has 32 heavy (non-hydrogen) atoms. The van der Waals surface area contributed by atoms with Gasteiger partial charge in [-0.05, 0) is 47.3 Å². The van der Waals surface area contributed by atoms with E-state index in [4.69, 9.17) is 0 Å². The van der Waals surface area contributed by atoms with Crippen molar-refractivity contribution in [1.29, 1.82) is 0 Å². The summed E-state index contributed by atoms with van der Waals surface area (Å²) in [5.74, 6) is 0. The van der Waals surface area contributed by atoms with Crippen molar-refractivity contribution >= 4 is 34.5 Å². The van der Waals surface area contributed by atoms with Gasteiger partial charge >= 0.3 is 0 Å². The molecule has 1 heterocycles. The average Bonchev–Trinajstić information content (AvgIpc) is 3.38. The fraction of sp³-hybridized carbons (Fsp3) is 0.0667. The first-order valence-corrected chi connectivity index (χ1v) is 13.9. The lowest BCUT2D eigenvalue weighted by Crippen LogP contribution is -2.34. The Morgan fingerprint density at radius 2 is 1.09 bits per heavy atom. The first-order chi connectivity index (χ1) is 15.9. The predicted molar refractivity (Wildman–Crippen MR) is 142 cm³/mol. The van der Waals surface area contributed by atoms with Gasteiger partial charge in [-0.15, -0.1) is 11.3 Å². The van der Waals surface area contributed by atoms with Crippen LogP contribution in [-0.2, 0) is 12.6 Å². The smallest absolute Gasteiger partial charge is 0.116 e. The molecule has 0 saturated carbocycles. The fourth-order valence-electron chi connectivity index (χ4n) is 4.55. The molecule has 0 nitrogen and oxygen atoms in total. The SMILES string of the molecule is c1ccc(C[P+](c2ccccc2)(c2ccccc2)c2ccccc2Cc2cccs2)cc1. The van der Waals surface area contributed by atoms with E-state index < -0.39 is 7.26 Å². The summed E-state index contributed by atoms with van der Waals surface area (Å²) in [6.45, 7) is 0. The number of rotatable bonds is 7. The fourth-order valence-corrected chi connectivity index (χ4v) is 9.77. The zero-order valence-corrected chi connectivity index (χ0v) is 19.7. The van der Waals surface area contributed by atoms with Crippen molar-refractivity contribution in [3.05, 3.63) is 149 Å². The van der Waals surface area contributed by atoms with E-state index in [1.165, 1.54) is 31.9 Å². The Morgan fingerprint density at radius 1 is 0.531 bits per heavy atom. The molecule has 0 spiro atoms. The van der Waals surface area contributed by atoms with Gasteiger partial charge in [-0.2, -0.15) is 0 Å². The minimum atomic E-state index is -1.93. The highest BCUT2D eigenvalue weighted by atomic mass is 32.1. The van der Waals surface area contributed by atoms with Crippen LogP contribution in [0.5, 0.6) is 0 Å². The van der Waals surface area contributed by atoms with Gasteiger partial charge in [-0.1, -0.05) is 91.0 Å². The normalized spacial score (nSPS) is 11.4. The summed E-state index contributed by atoms with van der Waals surface area (Å²) in [5, 5.41) is 6.55. The van der Waals surface area contributed by atoms with Gasteiger partial charge in [0.15, 0.2) is 0 Å².